The number of methoxy groups -OCH3 is 1. The zero-order valence-electron chi connectivity index (χ0n) is 22.8. The normalized spacial score (nSPS) is 19.3. The molecular weight excluding hydrogens is 534 g/mol. The van der Waals surface area contributed by atoms with Crippen LogP contribution in [0.15, 0.2) is 42.5 Å². The van der Waals surface area contributed by atoms with Gasteiger partial charge in [-0.2, -0.15) is 0 Å². The molecule has 0 bridgehead atoms. The number of carbonyl (C=O) groups excluding carboxylic acids is 4. The van der Waals surface area contributed by atoms with E-state index in [2.05, 4.69) is 10.6 Å². The van der Waals surface area contributed by atoms with Crippen LogP contribution < -0.4 is 10.6 Å². The Balaban J connectivity index is 1.75. The number of hydrogen-bond donors (Lipinski definition) is 3. The predicted molar refractivity (Wildman–Crippen MR) is 151 cm³/mol. The third-order valence-corrected chi connectivity index (χ3v) is 7.83. The second-order valence-electron chi connectivity index (χ2n) is 10.6. The van der Waals surface area contributed by atoms with E-state index < -0.39 is 24.0 Å². The summed E-state index contributed by atoms with van der Waals surface area (Å²) in [6, 6.07) is 10.3. The Morgan fingerprint density at radius 3 is 2.50 bits per heavy atom. The minimum atomic E-state index is -1.01. The van der Waals surface area contributed by atoms with Crippen molar-refractivity contribution >= 4 is 41.0 Å². The highest BCUT2D eigenvalue weighted by molar-refractivity contribution is 6.33. The average Bonchev–Trinajstić information content (AvgIpc) is 3.75. The summed E-state index contributed by atoms with van der Waals surface area (Å²) in [4.78, 5) is 53.5. The summed E-state index contributed by atoms with van der Waals surface area (Å²) in [7, 11) is 1.23. The summed E-state index contributed by atoms with van der Waals surface area (Å²) in [6.07, 6.45) is 5.29. The Morgan fingerprint density at radius 1 is 1.07 bits per heavy atom. The Kier molecular flexibility index (Phi) is 9.81. The molecule has 0 saturated heterocycles. The maximum absolute atomic E-state index is 14.2. The largest absolute Gasteiger partial charge is 0.465 e. The molecule has 10 heteroatoms. The summed E-state index contributed by atoms with van der Waals surface area (Å²) in [5.41, 5.74) is 1.26. The van der Waals surface area contributed by atoms with E-state index in [-0.39, 0.29) is 46.5 Å². The van der Waals surface area contributed by atoms with Crippen LogP contribution >= 0.6 is 11.6 Å². The van der Waals surface area contributed by atoms with Gasteiger partial charge < -0.3 is 25.4 Å². The number of hydrogen-bond acceptors (Lipinski definition) is 6. The molecule has 2 aromatic rings. The van der Waals surface area contributed by atoms with E-state index in [0.717, 1.165) is 32.1 Å². The third-order valence-electron chi connectivity index (χ3n) is 7.50. The molecule has 3 atom stereocenters. The van der Waals surface area contributed by atoms with Crippen LogP contribution in [-0.2, 0) is 14.3 Å². The molecule has 0 aromatic heterocycles. The van der Waals surface area contributed by atoms with E-state index in [1.807, 2.05) is 0 Å². The van der Waals surface area contributed by atoms with Gasteiger partial charge in [0.15, 0.2) is 0 Å². The van der Waals surface area contributed by atoms with Gasteiger partial charge >= 0.3 is 5.97 Å². The first kappa shape index (κ1) is 29.6. The Morgan fingerprint density at radius 2 is 1.82 bits per heavy atom. The number of aliphatic hydroxyl groups is 1. The standard InChI is InChI=1S/C30H36ClN3O6/c1-18(35)32-23-8-5-7-20(16-23)27(28(37)33-22-11-12-22)34(15-14-19-6-3-4-9-26(19)36)29(38)21-10-13-25(31)24(17-21)30(39)40-2/h5,7-8,10,13,16-17,19,22,26-27,36H,3-4,6,9,11-12,14-15H2,1-2H3,(H,32,35)(H,33,37)/t19-,26-,27?/m0/s1. The molecule has 3 amide bonds. The van der Waals surface area contributed by atoms with Gasteiger partial charge in [0.25, 0.3) is 5.91 Å². The second kappa shape index (κ2) is 13.3. The molecule has 1 unspecified atom stereocenters. The van der Waals surface area contributed by atoms with Crippen LogP contribution in [0.1, 0.15) is 84.2 Å². The second-order valence-corrected chi connectivity index (χ2v) is 11.0. The lowest BCUT2D eigenvalue weighted by atomic mass is 9.84. The highest BCUT2D eigenvalue weighted by Crippen LogP contribution is 2.32. The maximum Gasteiger partial charge on any atom is 0.339 e. The molecular formula is C30H36ClN3O6. The topological polar surface area (TPSA) is 125 Å². The summed E-state index contributed by atoms with van der Waals surface area (Å²) < 4.78 is 4.83. The smallest absolute Gasteiger partial charge is 0.339 e. The van der Waals surface area contributed by atoms with Gasteiger partial charge in [0.1, 0.15) is 6.04 Å². The number of halogens is 1. The monoisotopic (exact) mass is 569 g/mol. The third kappa shape index (κ3) is 7.40. The summed E-state index contributed by atoms with van der Waals surface area (Å²) in [6.45, 7) is 1.60. The van der Waals surface area contributed by atoms with Crippen molar-refractivity contribution in [2.24, 2.45) is 5.92 Å². The van der Waals surface area contributed by atoms with Crippen LogP contribution in [0, 0.1) is 5.92 Å². The maximum atomic E-state index is 14.2. The van der Waals surface area contributed by atoms with Crippen LogP contribution in [0.3, 0.4) is 0 Å². The fourth-order valence-electron chi connectivity index (χ4n) is 5.24. The molecule has 0 heterocycles. The van der Waals surface area contributed by atoms with Gasteiger partial charge in [0, 0.05) is 30.8 Å². The quantitative estimate of drug-likeness (QED) is 0.362. The van der Waals surface area contributed by atoms with Crippen LogP contribution in [0.5, 0.6) is 0 Å². The number of nitrogens with zero attached hydrogens (tertiary/aromatic N) is 1. The van der Waals surface area contributed by atoms with Gasteiger partial charge in [-0.15, -0.1) is 0 Å². The molecule has 2 fully saturated rings. The number of nitrogens with one attached hydrogen (secondary N) is 2. The molecule has 2 aliphatic carbocycles. The van der Waals surface area contributed by atoms with E-state index in [4.69, 9.17) is 16.3 Å². The first-order valence-electron chi connectivity index (χ1n) is 13.7. The molecule has 2 aromatic carbocycles. The summed E-state index contributed by atoms with van der Waals surface area (Å²) in [5.74, 6) is -1.73. The minimum absolute atomic E-state index is 0.00208. The van der Waals surface area contributed by atoms with Crippen molar-refractivity contribution in [1.82, 2.24) is 10.2 Å². The fraction of sp³-hybridized carbons (Fsp3) is 0.467. The number of anilines is 1. The molecule has 2 saturated carbocycles. The molecule has 0 aliphatic heterocycles. The lowest BCUT2D eigenvalue weighted by Crippen LogP contribution is -2.45. The van der Waals surface area contributed by atoms with Gasteiger partial charge in [-0.1, -0.05) is 36.6 Å². The number of aliphatic hydroxyl groups excluding tert-OH is 1. The van der Waals surface area contributed by atoms with Crippen LogP contribution in [0.25, 0.3) is 0 Å². The number of amides is 3. The SMILES string of the molecule is COC(=O)c1cc(C(=O)N(CC[C@@H]2CCCC[C@@H]2O)C(C(=O)NC2CC2)c2cccc(NC(C)=O)c2)ccc1Cl. The Hall–Kier alpha value is -3.43. The Labute approximate surface area is 239 Å². The molecule has 214 valence electrons. The Bertz CT molecular complexity index is 1260. The highest BCUT2D eigenvalue weighted by Gasteiger charge is 2.36. The molecule has 9 nitrogen and oxygen atoms in total. The van der Waals surface area contributed by atoms with Crippen molar-refractivity contribution in [2.45, 2.75) is 70.1 Å². The first-order chi connectivity index (χ1) is 19.2. The van der Waals surface area contributed by atoms with Gasteiger partial charge in [-0.3, -0.25) is 14.4 Å². The number of esters is 1. The number of carbonyl (C=O) groups is 4. The average molecular weight is 570 g/mol. The van der Waals surface area contributed by atoms with Gasteiger partial charge in [-0.25, -0.2) is 4.79 Å². The van der Waals surface area contributed by atoms with Crippen LogP contribution in [-0.4, -0.2) is 59.5 Å². The molecule has 3 N–H and O–H groups in total. The fourth-order valence-corrected chi connectivity index (χ4v) is 5.43. The van der Waals surface area contributed by atoms with E-state index in [1.54, 1.807) is 24.3 Å². The molecule has 4 rings (SSSR count). The van der Waals surface area contributed by atoms with Crippen molar-refractivity contribution < 1.29 is 29.0 Å². The van der Waals surface area contributed by atoms with Gasteiger partial charge in [0.2, 0.25) is 11.8 Å². The molecule has 0 radical (unpaired) electrons. The van der Waals surface area contributed by atoms with Crippen LogP contribution in [0.2, 0.25) is 5.02 Å². The van der Waals surface area contributed by atoms with E-state index in [1.165, 1.54) is 37.1 Å². The van der Waals surface area contributed by atoms with E-state index in [9.17, 15) is 24.3 Å². The highest BCUT2D eigenvalue weighted by atomic mass is 35.5. The number of rotatable bonds is 10. The van der Waals surface area contributed by atoms with Crippen molar-refractivity contribution in [3.8, 4) is 0 Å². The molecule has 0 spiro atoms. The van der Waals surface area contributed by atoms with Gasteiger partial charge in [0.05, 0.1) is 23.8 Å². The lowest BCUT2D eigenvalue weighted by molar-refractivity contribution is -0.126. The van der Waals surface area contributed by atoms with Crippen molar-refractivity contribution in [1.29, 1.82) is 0 Å². The van der Waals surface area contributed by atoms with Crippen molar-refractivity contribution in [3.63, 3.8) is 0 Å². The zero-order chi connectivity index (χ0) is 28.8. The zero-order valence-corrected chi connectivity index (χ0v) is 23.6. The lowest BCUT2D eigenvalue weighted by Gasteiger charge is -2.35. The van der Waals surface area contributed by atoms with Crippen molar-refractivity contribution in [2.75, 3.05) is 19.0 Å². The van der Waals surface area contributed by atoms with Crippen molar-refractivity contribution in [3.05, 3.63) is 64.2 Å². The van der Waals surface area contributed by atoms with E-state index >= 15 is 0 Å². The minimum Gasteiger partial charge on any atom is -0.465 e. The number of benzene rings is 2. The number of ether oxygens (including phenoxy) is 1. The predicted octanol–water partition coefficient (Wildman–Crippen LogP) is 4.49. The first-order valence-corrected chi connectivity index (χ1v) is 14.1. The molecule has 40 heavy (non-hydrogen) atoms. The molecule has 2 aliphatic rings. The summed E-state index contributed by atoms with van der Waals surface area (Å²) in [5, 5.41) is 16.5. The van der Waals surface area contributed by atoms with Gasteiger partial charge in [-0.05, 0) is 73.9 Å². The van der Waals surface area contributed by atoms with E-state index in [0.29, 0.717) is 24.1 Å². The van der Waals surface area contributed by atoms with Crippen LogP contribution in [0.4, 0.5) is 5.69 Å². The summed E-state index contributed by atoms with van der Waals surface area (Å²) >= 11 is 6.21.